The van der Waals surface area contributed by atoms with Crippen molar-refractivity contribution in [3.8, 4) is 0 Å². The Kier molecular flexibility index (Phi) is 4.67. The summed E-state index contributed by atoms with van der Waals surface area (Å²) in [5.74, 6) is 0.819. The summed E-state index contributed by atoms with van der Waals surface area (Å²) < 4.78 is 5.88. The number of para-hydroxylation sites is 1. The highest BCUT2D eigenvalue weighted by molar-refractivity contribution is 7.99. The lowest BCUT2D eigenvalue weighted by atomic mass is 10.1. The molecule has 0 fully saturated rings. The number of carbonyl (C=O) groups excluding carboxylic acids is 1. The number of amides is 1. The van der Waals surface area contributed by atoms with Gasteiger partial charge in [-0.3, -0.25) is 4.79 Å². The summed E-state index contributed by atoms with van der Waals surface area (Å²) >= 11 is 1.63. The number of thioether (sulfide) groups is 1. The van der Waals surface area contributed by atoms with Crippen molar-refractivity contribution in [3.05, 3.63) is 78.4 Å². The van der Waals surface area contributed by atoms with Crippen LogP contribution < -0.4 is 5.32 Å². The summed E-state index contributed by atoms with van der Waals surface area (Å²) in [7, 11) is 0. The monoisotopic (exact) mass is 361 g/mol. The Hall–Kier alpha value is -2.72. The molecule has 0 aliphatic heterocycles. The van der Waals surface area contributed by atoms with Gasteiger partial charge in [0.05, 0.1) is 5.25 Å². The van der Waals surface area contributed by atoms with E-state index in [1.54, 1.807) is 11.8 Å². The molecule has 0 saturated heterocycles. The van der Waals surface area contributed by atoms with Gasteiger partial charge in [0.1, 0.15) is 11.2 Å². The van der Waals surface area contributed by atoms with E-state index in [2.05, 4.69) is 17.4 Å². The zero-order chi connectivity index (χ0) is 17.9. The minimum atomic E-state index is -0.137. The number of hydrogen-bond acceptors (Lipinski definition) is 3. The van der Waals surface area contributed by atoms with Crippen molar-refractivity contribution < 1.29 is 9.21 Å². The average molecular weight is 361 g/mol. The van der Waals surface area contributed by atoms with Gasteiger partial charge in [0.25, 0.3) is 0 Å². The van der Waals surface area contributed by atoms with Crippen molar-refractivity contribution >= 4 is 45.3 Å². The Morgan fingerprint density at radius 2 is 1.69 bits per heavy atom. The maximum atomic E-state index is 12.5. The lowest BCUT2D eigenvalue weighted by Crippen LogP contribution is -2.22. The molecule has 3 nitrogen and oxygen atoms in total. The van der Waals surface area contributed by atoms with Gasteiger partial charge in [-0.05, 0) is 30.7 Å². The third-order valence-electron chi connectivity index (χ3n) is 4.36. The molecular formula is C22H19NO2S. The smallest absolute Gasteiger partial charge is 0.237 e. The third-order valence-corrected chi connectivity index (χ3v) is 5.57. The number of benzene rings is 3. The molecule has 4 rings (SSSR count). The standard InChI is InChI=1S/C22H19NO2S/c1-15(26-14-16-7-3-2-4-8-16)22(24)23-17-11-12-19-18-9-5-6-10-20(18)25-21(19)13-17/h2-13,15H,14H2,1H3,(H,23,24). The molecule has 3 aromatic carbocycles. The molecule has 1 N–H and O–H groups in total. The number of hydrogen-bond donors (Lipinski definition) is 1. The van der Waals surface area contributed by atoms with Crippen molar-refractivity contribution in [2.24, 2.45) is 0 Å². The highest BCUT2D eigenvalue weighted by Crippen LogP contribution is 2.30. The number of anilines is 1. The summed E-state index contributed by atoms with van der Waals surface area (Å²) in [6.45, 7) is 1.93. The van der Waals surface area contributed by atoms with Crippen LogP contribution in [0.2, 0.25) is 0 Å². The highest BCUT2D eigenvalue weighted by atomic mass is 32.2. The van der Waals surface area contributed by atoms with Gasteiger partial charge in [0, 0.05) is 28.3 Å². The molecule has 0 aliphatic carbocycles. The number of nitrogens with one attached hydrogen (secondary N) is 1. The van der Waals surface area contributed by atoms with Gasteiger partial charge in [-0.15, -0.1) is 11.8 Å². The molecular weight excluding hydrogens is 342 g/mol. The normalized spacial score (nSPS) is 12.3. The van der Waals surface area contributed by atoms with Crippen molar-refractivity contribution in [3.63, 3.8) is 0 Å². The van der Waals surface area contributed by atoms with Gasteiger partial charge in [0.15, 0.2) is 0 Å². The second-order valence-corrected chi connectivity index (χ2v) is 7.57. The van der Waals surface area contributed by atoms with Crippen LogP contribution in [-0.2, 0) is 10.5 Å². The predicted octanol–water partition coefficient (Wildman–Crippen LogP) is 5.85. The van der Waals surface area contributed by atoms with Crippen LogP contribution in [-0.4, -0.2) is 11.2 Å². The van der Waals surface area contributed by atoms with E-state index < -0.39 is 0 Å². The van der Waals surface area contributed by atoms with Crippen LogP contribution in [0.4, 0.5) is 5.69 Å². The molecule has 1 aromatic heterocycles. The fourth-order valence-corrected chi connectivity index (χ4v) is 3.76. The van der Waals surface area contributed by atoms with Gasteiger partial charge in [0.2, 0.25) is 5.91 Å². The van der Waals surface area contributed by atoms with Crippen LogP contribution in [0.3, 0.4) is 0 Å². The van der Waals surface area contributed by atoms with Crippen LogP contribution in [0.5, 0.6) is 0 Å². The number of carbonyl (C=O) groups is 1. The van der Waals surface area contributed by atoms with E-state index in [0.717, 1.165) is 33.4 Å². The van der Waals surface area contributed by atoms with Gasteiger partial charge in [-0.25, -0.2) is 0 Å². The molecule has 1 unspecified atom stereocenters. The Labute approximate surface area is 156 Å². The van der Waals surface area contributed by atoms with E-state index in [1.165, 1.54) is 5.56 Å². The first kappa shape index (κ1) is 16.7. The maximum Gasteiger partial charge on any atom is 0.237 e. The molecule has 1 heterocycles. The first-order chi connectivity index (χ1) is 12.7. The first-order valence-corrected chi connectivity index (χ1v) is 9.63. The van der Waals surface area contributed by atoms with Crippen LogP contribution in [0.15, 0.2) is 77.2 Å². The predicted molar refractivity (Wildman–Crippen MR) is 110 cm³/mol. The fraction of sp³-hybridized carbons (Fsp3) is 0.136. The van der Waals surface area contributed by atoms with Gasteiger partial charge < -0.3 is 9.73 Å². The first-order valence-electron chi connectivity index (χ1n) is 8.58. The van der Waals surface area contributed by atoms with Crippen LogP contribution in [0.25, 0.3) is 21.9 Å². The molecule has 1 atom stereocenters. The minimum absolute atomic E-state index is 0.00129. The van der Waals surface area contributed by atoms with Crippen molar-refractivity contribution in [1.82, 2.24) is 0 Å². The lowest BCUT2D eigenvalue weighted by molar-refractivity contribution is -0.115. The molecule has 0 saturated carbocycles. The van der Waals surface area contributed by atoms with E-state index in [-0.39, 0.29) is 11.2 Å². The number of rotatable bonds is 5. The molecule has 0 spiro atoms. The zero-order valence-electron chi connectivity index (χ0n) is 14.4. The van der Waals surface area contributed by atoms with Gasteiger partial charge in [-0.2, -0.15) is 0 Å². The minimum Gasteiger partial charge on any atom is -0.456 e. The molecule has 4 heteroatoms. The van der Waals surface area contributed by atoms with Gasteiger partial charge >= 0.3 is 0 Å². The SMILES string of the molecule is CC(SCc1ccccc1)C(=O)Nc1ccc2c(c1)oc1ccccc12. The van der Waals surface area contributed by atoms with Crippen LogP contribution in [0.1, 0.15) is 12.5 Å². The van der Waals surface area contributed by atoms with Crippen molar-refractivity contribution in [2.45, 2.75) is 17.9 Å². The van der Waals surface area contributed by atoms with E-state index in [1.807, 2.05) is 67.6 Å². The molecule has 4 aromatic rings. The quantitative estimate of drug-likeness (QED) is 0.485. The summed E-state index contributed by atoms with van der Waals surface area (Å²) in [5.41, 5.74) is 3.63. The Morgan fingerprint density at radius 3 is 2.54 bits per heavy atom. The fourth-order valence-electron chi connectivity index (χ4n) is 2.92. The van der Waals surface area contributed by atoms with E-state index in [4.69, 9.17) is 4.42 Å². The van der Waals surface area contributed by atoms with Crippen molar-refractivity contribution in [1.29, 1.82) is 0 Å². The molecule has 0 bridgehead atoms. The van der Waals surface area contributed by atoms with Crippen molar-refractivity contribution in [2.75, 3.05) is 5.32 Å². The largest absolute Gasteiger partial charge is 0.456 e. The zero-order valence-corrected chi connectivity index (χ0v) is 15.3. The molecule has 130 valence electrons. The van der Waals surface area contributed by atoms with Crippen LogP contribution in [0, 0.1) is 0 Å². The van der Waals surface area contributed by atoms with E-state index >= 15 is 0 Å². The summed E-state index contributed by atoms with van der Waals surface area (Å²) in [6.07, 6.45) is 0. The maximum absolute atomic E-state index is 12.5. The van der Waals surface area contributed by atoms with Crippen LogP contribution >= 0.6 is 11.8 Å². The Bertz CT molecular complexity index is 1060. The number of fused-ring (bicyclic) bond motifs is 3. The number of furan rings is 1. The summed E-state index contributed by atoms with van der Waals surface area (Å²) in [4.78, 5) is 12.5. The molecule has 0 radical (unpaired) electrons. The highest BCUT2D eigenvalue weighted by Gasteiger charge is 2.15. The molecule has 1 amide bonds. The topological polar surface area (TPSA) is 42.2 Å². The Morgan fingerprint density at radius 1 is 0.962 bits per heavy atom. The lowest BCUT2D eigenvalue weighted by Gasteiger charge is -2.12. The molecule has 0 aliphatic rings. The van der Waals surface area contributed by atoms with Gasteiger partial charge in [-0.1, -0.05) is 48.5 Å². The average Bonchev–Trinajstić information content (AvgIpc) is 3.04. The Balaban J connectivity index is 1.45. The van der Waals surface area contributed by atoms with E-state index in [9.17, 15) is 4.79 Å². The summed E-state index contributed by atoms with van der Waals surface area (Å²) in [5, 5.41) is 5.01. The third kappa shape index (κ3) is 3.46. The van der Waals surface area contributed by atoms with E-state index in [0.29, 0.717) is 0 Å². The second-order valence-electron chi connectivity index (χ2n) is 6.24. The summed E-state index contributed by atoms with van der Waals surface area (Å²) in [6, 6.07) is 24.0. The second kappa shape index (κ2) is 7.26. The molecule has 26 heavy (non-hydrogen) atoms.